The van der Waals surface area contributed by atoms with Gasteiger partial charge in [0.2, 0.25) is 11.7 Å². The van der Waals surface area contributed by atoms with E-state index in [0.717, 1.165) is 18.4 Å². The van der Waals surface area contributed by atoms with Crippen LogP contribution in [0.25, 0.3) is 10.9 Å². The highest BCUT2D eigenvalue weighted by molar-refractivity contribution is 6.18. The van der Waals surface area contributed by atoms with E-state index in [1.54, 1.807) is 33.8 Å². The Balaban J connectivity index is 1.55. The Morgan fingerprint density at radius 2 is 1.93 bits per heavy atom. The molecule has 2 aromatic carbocycles. The first kappa shape index (κ1) is 28.2. The lowest BCUT2D eigenvalue weighted by molar-refractivity contribution is -0.0369. The Kier molecular flexibility index (Phi) is 8.03. The number of hydrogen-bond acceptors (Lipinski definition) is 7. The Bertz CT molecular complexity index is 1570. The maximum Gasteiger partial charge on any atom is 0.412 e. The fraction of sp³-hybridized carbons (Fsp3) is 0.355. The first-order valence-corrected chi connectivity index (χ1v) is 13.6. The van der Waals surface area contributed by atoms with Gasteiger partial charge in [0.1, 0.15) is 29.2 Å². The lowest BCUT2D eigenvalue weighted by Gasteiger charge is -2.23. The second-order valence-corrected chi connectivity index (χ2v) is 11.0. The van der Waals surface area contributed by atoms with Crippen LogP contribution in [0.3, 0.4) is 0 Å². The highest BCUT2D eigenvalue weighted by Crippen LogP contribution is 2.32. The van der Waals surface area contributed by atoms with Crippen molar-refractivity contribution in [3.63, 3.8) is 0 Å². The van der Waals surface area contributed by atoms with Crippen molar-refractivity contribution in [3.8, 4) is 5.88 Å². The number of anilines is 1. The molecule has 1 aliphatic rings. The summed E-state index contributed by atoms with van der Waals surface area (Å²) in [4.78, 5) is 31.3. The average Bonchev–Trinajstić information content (AvgIpc) is 3.39. The third-order valence-corrected chi connectivity index (χ3v) is 6.62. The monoisotopic (exact) mass is 560 g/mol. The van der Waals surface area contributed by atoms with Crippen molar-refractivity contribution < 1.29 is 28.2 Å². The van der Waals surface area contributed by atoms with Gasteiger partial charge in [0.25, 0.3) is 0 Å². The molecule has 10 heteroatoms. The molecule has 1 unspecified atom stereocenters. The van der Waals surface area contributed by atoms with Gasteiger partial charge in [-0.15, -0.1) is 0 Å². The van der Waals surface area contributed by atoms with Gasteiger partial charge in [0.05, 0.1) is 11.9 Å². The number of pyridine rings is 1. The van der Waals surface area contributed by atoms with E-state index in [-0.39, 0.29) is 34.9 Å². The molecule has 1 amide bonds. The maximum absolute atomic E-state index is 15.1. The summed E-state index contributed by atoms with van der Waals surface area (Å²) < 4.78 is 33.8. The number of nitrogens with one attached hydrogen (secondary N) is 1. The lowest BCUT2D eigenvalue weighted by atomic mass is 10.0. The summed E-state index contributed by atoms with van der Waals surface area (Å²) in [6, 6.07) is 13.8. The van der Waals surface area contributed by atoms with Gasteiger partial charge in [-0.05, 0) is 70.7 Å². The zero-order valence-electron chi connectivity index (χ0n) is 23.6. The topological polar surface area (TPSA) is 105 Å². The number of halogens is 1. The summed E-state index contributed by atoms with van der Waals surface area (Å²) in [7, 11) is 0. The number of ketones is 1. The fourth-order valence-electron chi connectivity index (χ4n) is 4.73. The van der Waals surface area contributed by atoms with Gasteiger partial charge in [-0.2, -0.15) is 5.10 Å². The molecule has 0 spiro atoms. The number of rotatable bonds is 7. The highest BCUT2D eigenvalue weighted by atomic mass is 19.1. The second kappa shape index (κ2) is 11.7. The number of amides is 1. The van der Waals surface area contributed by atoms with Gasteiger partial charge in [0, 0.05) is 23.1 Å². The normalized spacial score (nSPS) is 15.5. The minimum absolute atomic E-state index is 0.0703. The van der Waals surface area contributed by atoms with Crippen molar-refractivity contribution in [2.45, 2.75) is 65.4 Å². The summed E-state index contributed by atoms with van der Waals surface area (Å²) in [5.41, 5.74) is 1.21. The number of benzene rings is 2. The summed E-state index contributed by atoms with van der Waals surface area (Å²) in [5.74, 6) is -0.814. The van der Waals surface area contributed by atoms with Gasteiger partial charge >= 0.3 is 6.09 Å². The zero-order valence-corrected chi connectivity index (χ0v) is 23.6. The second-order valence-electron chi connectivity index (χ2n) is 11.0. The van der Waals surface area contributed by atoms with Crippen molar-refractivity contribution >= 4 is 28.5 Å². The minimum atomic E-state index is -0.756. The molecule has 5 rings (SSSR count). The zero-order chi connectivity index (χ0) is 29.1. The summed E-state index contributed by atoms with van der Waals surface area (Å²) in [6.07, 6.45) is 2.87. The average molecular weight is 561 g/mol. The first-order chi connectivity index (χ1) is 19.6. The van der Waals surface area contributed by atoms with Crippen LogP contribution in [0, 0.1) is 12.7 Å². The molecule has 3 heterocycles. The van der Waals surface area contributed by atoms with Crippen LogP contribution in [-0.2, 0) is 16.1 Å². The van der Waals surface area contributed by atoms with Crippen molar-refractivity contribution in [3.05, 3.63) is 82.9 Å². The number of aryl methyl sites for hydroxylation is 1. The molecule has 0 aliphatic carbocycles. The van der Waals surface area contributed by atoms with Crippen LogP contribution in [0.5, 0.6) is 5.88 Å². The number of fused-ring (bicyclic) bond motifs is 1. The standard InChI is InChI=1S/C31H33FN4O5/c1-19-16-24(34-30(38)41-31(2,3)4)26(35-29(19)40-18-20-10-6-5-7-11-20)28(37)21-13-14-23(32)27-22(21)17-33-36(27)25-12-8-9-15-39-25/h5-7,10-11,13-14,16-17,25H,8-9,12,15,18H2,1-4H3,(H,34,38). The smallest absolute Gasteiger partial charge is 0.412 e. The first-order valence-electron chi connectivity index (χ1n) is 13.6. The van der Waals surface area contributed by atoms with Gasteiger partial charge < -0.3 is 14.2 Å². The molecule has 1 N–H and O–H groups in total. The molecule has 0 radical (unpaired) electrons. The SMILES string of the molecule is Cc1cc(NC(=O)OC(C)(C)C)c(C(=O)c2ccc(F)c3c2cnn3C2CCCCO2)nc1OCc1ccccc1. The molecule has 1 atom stereocenters. The van der Waals surface area contributed by atoms with Gasteiger partial charge in [-0.3, -0.25) is 10.1 Å². The molecule has 9 nitrogen and oxygen atoms in total. The van der Waals surface area contributed by atoms with Crippen LogP contribution in [0.15, 0.2) is 54.7 Å². The van der Waals surface area contributed by atoms with Crippen molar-refractivity contribution in [2.24, 2.45) is 0 Å². The van der Waals surface area contributed by atoms with Gasteiger partial charge in [0.15, 0.2) is 6.23 Å². The van der Waals surface area contributed by atoms with Gasteiger partial charge in [-0.25, -0.2) is 18.9 Å². The number of carbonyl (C=O) groups excluding carboxylic acids is 2. The third-order valence-electron chi connectivity index (χ3n) is 6.62. The van der Waals surface area contributed by atoms with E-state index in [4.69, 9.17) is 14.2 Å². The largest absolute Gasteiger partial charge is 0.473 e. The number of nitrogens with zero attached hydrogens (tertiary/aromatic N) is 3. The van der Waals surface area contributed by atoms with Crippen molar-refractivity contribution in [1.82, 2.24) is 14.8 Å². The predicted octanol–water partition coefficient (Wildman–Crippen LogP) is 6.73. The third kappa shape index (κ3) is 6.38. The van der Waals surface area contributed by atoms with Crippen molar-refractivity contribution in [2.75, 3.05) is 11.9 Å². The fourth-order valence-corrected chi connectivity index (χ4v) is 4.73. The molecule has 2 aromatic heterocycles. The Hall–Kier alpha value is -4.31. The predicted molar refractivity (Wildman–Crippen MR) is 152 cm³/mol. The van der Waals surface area contributed by atoms with Crippen LogP contribution in [0.1, 0.15) is 73.4 Å². The molecule has 1 fully saturated rings. The van der Waals surface area contributed by atoms with E-state index in [0.29, 0.717) is 24.0 Å². The molecule has 4 aromatic rings. The Morgan fingerprint density at radius 1 is 1.15 bits per heavy atom. The molecule has 214 valence electrons. The van der Waals surface area contributed by atoms with E-state index in [1.165, 1.54) is 23.0 Å². The molecular weight excluding hydrogens is 527 g/mol. The minimum Gasteiger partial charge on any atom is -0.473 e. The number of ether oxygens (including phenoxy) is 3. The van der Waals surface area contributed by atoms with E-state index in [9.17, 15) is 9.59 Å². The van der Waals surface area contributed by atoms with Crippen LogP contribution in [0.4, 0.5) is 14.9 Å². The van der Waals surface area contributed by atoms with Gasteiger partial charge in [-0.1, -0.05) is 30.3 Å². The Morgan fingerprint density at radius 3 is 2.63 bits per heavy atom. The molecular formula is C31H33FN4O5. The molecule has 1 aliphatic heterocycles. The summed E-state index contributed by atoms with van der Waals surface area (Å²) in [5, 5.41) is 7.37. The molecule has 0 saturated carbocycles. The van der Waals surface area contributed by atoms with Crippen LogP contribution in [-0.4, -0.2) is 38.8 Å². The van der Waals surface area contributed by atoms with Crippen LogP contribution in [0.2, 0.25) is 0 Å². The quantitative estimate of drug-likeness (QED) is 0.250. The maximum atomic E-state index is 15.1. The van der Waals surface area contributed by atoms with Crippen molar-refractivity contribution in [1.29, 1.82) is 0 Å². The number of hydrogen-bond donors (Lipinski definition) is 1. The summed E-state index contributed by atoms with van der Waals surface area (Å²) in [6.45, 7) is 7.79. The number of aromatic nitrogens is 3. The lowest BCUT2D eigenvalue weighted by Crippen LogP contribution is -2.28. The van der Waals surface area contributed by atoms with E-state index < -0.39 is 29.5 Å². The highest BCUT2D eigenvalue weighted by Gasteiger charge is 2.27. The van der Waals surface area contributed by atoms with E-state index in [1.807, 2.05) is 30.3 Å². The van der Waals surface area contributed by atoms with E-state index in [2.05, 4.69) is 15.4 Å². The molecule has 0 bridgehead atoms. The molecule has 1 saturated heterocycles. The van der Waals surface area contributed by atoms with Crippen LogP contribution >= 0.6 is 0 Å². The summed E-state index contributed by atoms with van der Waals surface area (Å²) >= 11 is 0. The number of carbonyl (C=O) groups is 2. The van der Waals surface area contributed by atoms with Crippen LogP contribution < -0.4 is 10.1 Å². The molecule has 41 heavy (non-hydrogen) atoms. The van der Waals surface area contributed by atoms with E-state index >= 15 is 4.39 Å². The Labute approximate surface area is 237 Å².